The zero-order valence-electron chi connectivity index (χ0n) is 18.0. The molecule has 0 spiro atoms. The number of H-pyrrole nitrogens is 1. The van der Waals surface area contributed by atoms with E-state index in [0.29, 0.717) is 17.9 Å². The molecule has 2 aromatic heterocycles. The lowest BCUT2D eigenvalue weighted by Crippen LogP contribution is -2.17. The van der Waals surface area contributed by atoms with Crippen LogP contribution >= 0.6 is 11.8 Å². The monoisotopic (exact) mass is 439 g/mol. The molecule has 1 N–H and O–H groups in total. The third-order valence-electron chi connectivity index (χ3n) is 5.65. The van der Waals surface area contributed by atoms with Gasteiger partial charge in [0.2, 0.25) is 0 Å². The standard InChI is InChI=1S/C27H22N2O2S/c1-3-31-24-15-12-18-7-4-5-8-21(18)25(24)27(30)29-17-23(22-9-6-16-28-26(22)29)19-10-13-20(32-2)14-11-19/h4-17H,3H2,1-2H3/p+1. The lowest BCUT2D eigenvalue weighted by molar-refractivity contribution is -0.348. The van der Waals surface area contributed by atoms with E-state index in [0.717, 1.165) is 32.9 Å². The molecule has 0 aliphatic rings. The highest BCUT2D eigenvalue weighted by molar-refractivity contribution is 7.98. The van der Waals surface area contributed by atoms with Gasteiger partial charge in [0.1, 0.15) is 17.5 Å². The topological polar surface area (TPSA) is 45.4 Å². The average Bonchev–Trinajstić information content (AvgIpc) is 3.23. The number of aromatic amines is 1. The molecule has 0 fully saturated rings. The summed E-state index contributed by atoms with van der Waals surface area (Å²) >= 11 is 1.71. The summed E-state index contributed by atoms with van der Waals surface area (Å²) in [7, 11) is 0. The molecule has 0 radical (unpaired) electrons. The van der Waals surface area contributed by atoms with Gasteiger partial charge < -0.3 is 4.74 Å². The third-order valence-corrected chi connectivity index (χ3v) is 6.39. The highest BCUT2D eigenvalue weighted by Gasteiger charge is 2.27. The van der Waals surface area contributed by atoms with Crippen molar-refractivity contribution in [1.29, 1.82) is 0 Å². The molecular formula is C27H23N2O2S+. The van der Waals surface area contributed by atoms with Gasteiger partial charge >= 0.3 is 5.91 Å². The minimum atomic E-state index is -0.121. The molecule has 0 aliphatic heterocycles. The summed E-state index contributed by atoms with van der Waals surface area (Å²) in [6, 6.07) is 24.2. The molecule has 0 bridgehead atoms. The Labute approximate surface area is 190 Å². The summed E-state index contributed by atoms with van der Waals surface area (Å²) in [6.07, 6.45) is 5.84. The maximum Gasteiger partial charge on any atom is 0.350 e. The van der Waals surface area contributed by atoms with Crippen LogP contribution in [0, 0.1) is 0 Å². The van der Waals surface area contributed by atoms with Crippen LogP contribution in [-0.4, -0.2) is 23.3 Å². The van der Waals surface area contributed by atoms with Gasteiger partial charge in [0.05, 0.1) is 18.2 Å². The molecule has 32 heavy (non-hydrogen) atoms. The second-order valence-electron chi connectivity index (χ2n) is 7.47. The maximum absolute atomic E-state index is 14.0. The van der Waals surface area contributed by atoms with E-state index in [1.54, 1.807) is 16.3 Å². The van der Waals surface area contributed by atoms with E-state index in [2.05, 4.69) is 35.5 Å². The highest BCUT2D eigenvalue weighted by atomic mass is 32.2. The number of fused-ring (bicyclic) bond motifs is 2. The van der Waals surface area contributed by atoms with Crippen molar-refractivity contribution in [2.24, 2.45) is 0 Å². The predicted molar refractivity (Wildman–Crippen MR) is 131 cm³/mol. The van der Waals surface area contributed by atoms with E-state index in [4.69, 9.17) is 4.74 Å². The van der Waals surface area contributed by atoms with Crippen molar-refractivity contribution in [2.75, 3.05) is 12.9 Å². The minimum Gasteiger partial charge on any atom is -0.493 e. The molecule has 5 rings (SSSR count). The molecule has 4 nitrogen and oxygen atoms in total. The fourth-order valence-electron chi connectivity index (χ4n) is 4.14. The van der Waals surface area contributed by atoms with Crippen LogP contribution in [-0.2, 0) is 0 Å². The number of hydrogen-bond acceptors (Lipinski definition) is 3. The average molecular weight is 440 g/mol. The molecule has 0 atom stereocenters. The summed E-state index contributed by atoms with van der Waals surface area (Å²) < 4.78 is 7.58. The van der Waals surface area contributed by atoms with E-state index in [1.807, 2.05) is 67.8 Å². The first-order chi connectivity index (χ1) is 15.7. The van der Waals surface area contributed by atoms with Gasteiger partial charge in [-0.3, -0.25) is 0 Å². The Morgan fingerprint density at radius 3 is 2.53 bits per heavy atom. The van der Waals surface area contributed by atoms with Crippen LogP contribution in [0.2, 0.25) is 0 Å². The second kappa shape index (κ2) is 8.52. The number of thioether (sulfide) groups is 1. The van der Waals surface area contributed by atoms with E-state index in [1.165, 1.54) is 4.90 Å². The SMILES string of the molecule is CCOc1ccc2ccccc2c1C(=O)n1cc(-c2ccc(SC)cc2)c2ccc[nH+]c21. The smallest absolute Gasteiger partial charge is 0.350 e. The molecule has 0 saturated heterocycles. The van der Waals surface area contributed by atoms with Crippen molar-refractivity contribution in [2.45, 2.75) is 11.8 Å². The van der Waals surface area contributed by atoms with Gasteiger partial charge in [0.15, 0.2) is 0 Å². The quantitative estimate of drug-likeness (QED) is 0.312. The number of nitrogens with one attached hydrogen (secondary N) is 1. The summed E-state index contributed by atoms with van der Waals surface area (Å²) in [6.45, 7) is 2.42. The number of ether oxygens (including phenoxy) is 1. The van der Waals surface area contributed by atoms with Crippen LogP contribution in [0.15, 0.2) is 90.1 Å². The Morgan fingerprint density at radius 1 is 0.969 bits per heavy atom. The van der Waals surface area contributed by atoms with E-state index >= 15 is 0 Å². The van der Waals surface area contributed by atoms with Crippen molar-refractivity contribution in [1.82, 2.24) is 4.57 Å². The van der Waals surface area contributed by atoms with Crippen LogP contribution in [0.5, 0.6) is 5.75 Å². The highest BCUT2D eigenvalue weighted by Crippen LogP contribution is 2.33. The number of rotatable bonds is 5. The van der Waals surface area contributed by atoms with Crippen LogP contribution in [0.3, 0.4) is 0 Å². The molecule has 158 valence electrons. The first-order valence-electron chi connectivity index (χ1n) is 10.6. The number of carbonyl (C=O) groups is 1. The Morgan fingerprint density at radius 2 is 1.75 bits per heavy atom. The molecule has 5 aromatic rings. The summed E-state index contributed by atoms with van der Waals surface area (Å²) in [5.74, 6) is 0.476. The number of aromatic nitrogens is 2. The van der Waals surface area contributed by atoms with E-state index < -0.39 is 0 Å². The first-order valence-corrected chi connectivity index (χ1v) is 11.8. The van der Waals surface area contributed by atoms with Crippen LogP contribution in [0.4, 0.5) is 0 Å². The Hall–Kier alpha value is -3.57. The van der Waals surface area contributed by atoms with Gasteiger partial charge in [0, 0.05) is 15.8 Å². The fraction of sp³-hybridized carbons (Fsp3) is 0.111. The molecule has 0 amide bonds. The number of benzene rings is 3. The second-order valence-corrected chi connectivity index (χ2v) is 8.35. The molecule has 3 aromatic carbocycles. The van der Waals surface area contributed by atoms with E-state index in [-0.39, 0.29) is 5.91 Å². The largest absolute Gasteiger partial charge is 0.493 e. The summed E-state index contributed by atoms with van der Waals surface area (Å²) in [5, 5.41) is 2.88. The van der Waals surface area contributed by atoms with Crippen molar-refractivity contribution >= 4 is 39.5 Å². The van der Waals surface area contributed by atoms with Crippen molar-refractivity contribution in [3.8, 4) is 16.9 Å². The molecule has 0 saturated carbocycles. The van der Waals surface area contributed by atoms with Crippen molar-refractivity contribution in [3.63, 3.8) is 0 Å². The number of hydrogen-bond donors (Lipinski definition) is 0. The van der Waals surface area contributed by atoms with Gasteiger partial charge in [0.25, 0.3) is 5.65 Å². The first kappa shape index (κ1) is 20.3. The van der Waals surface area contributed by atoms with Crippen LogP contribution in [0.1, 0.15) is 17.3 Å². The zero-order chi connectivity index (χ0) is 22.1. The zero-order valence-corrected chi connectivity index (χ0v) is 18.8. The van der Waals surface area contributed by atoms with Crippen molar-refractivity contribution < 1.29 is 14.5 Å². The Bertz CT molecular complexity index is 1440. The van der Waals surface area contributed by atoms with Crippen molar-refractivity contribution in [3.05, 3.63) is 90.8 Å². The Balaban J connectivity index is 1.72. The normalized spacial score (nSPS) is 11.2. The summed E-state index contributed by atoms with van der Waals surface area (Å²) in [4.78, 5) is 18.5. The third kappa shape index (κ3) is 3.45. The van der Waals surface area contributed by atoms with Crippen LogP contribution < -0.4 is 9.72 Å². The Kier molecular flexibility index (Phi) is 5.41. The van der Waals surface area contributed by atoms with Gasteiger partial charge in [-0.15, -0.1) is 11.8 Å². The lowest BCUT2D eigenvalue weighted by atomic mass is 10.0. The summed E-state index contributed by atoms with van der Waals surface area (Å²) in [5.41, 5.74) is 3.41. The fourth-order valence-corrected chi connectivity index (χ4v) is 4.55. The lowest BCUT2D eigenvalue weighted by Gasteiger charge is -2.11. The van der Waals surface area contributed by atoms with E-state index in [9.17, 15) is 4.79 Å². The van der Waals surface area contributed by atoms with Gasteiger partial charge in [-0.05, 0) is 54.5 Å². The molecule has 2 heterocycles. The van der Waals surface area contributed by atoms with Gasteiger partial charge in [-0.2, -0.15) is 4.57 Å². The maximum atomic E-state index is 14.0. The molecule has 5 heteroatoms. The molecular weight excluding hydrogens is 416 g/mol. The number of nitrogens with zero attached hydrogens (tertiary/aromatic N) is 1. The molecule has 0 unspecified atom stereocenters. The number of pyridine rings is 1. The predicted octanol–water partition coefficient (Wildman–Crippen LogP) is 6.08. The minimum absolute atomic E-state index is 0.121. The van der Waals surface area contributed by atoms with Crippen LogP contribution in [0.25, 0.3) is 32.9 Å². The molecule has 0 aliphatic carbocycles. The van der Waals surface area contributed by atoms with Gasteiger partial charge in [-0.1, -0.05) is 42.5 Å². The van der Waals surface area contributed by atoms with Gasteiger partial charge in [-0.25, -0.2) is 9.78 Å². The number of carbonyl (C=O) groups excluding carboxylic acids is 1.